The molecule has 1 fully saturated rings. The number of amides is 1. The highest BCUT2D eigenvalue weighted by Crippen LogP contribution is 2.26. The molecule has 0 aromatic carbocycles. The second-order valence-electron chi connectivity index (χ2n) is 6.30. The second-order valence-corrected chi connectivity index (χ2v) is 7.08. The third kappa shape index (κ3) is 3.19. The van der Waals surface area contributed by atoms with Crippen LogP contribution in [0.15, 0.2) is 29.0 Å². The van der Waals surface area contributed by atoms with Crippen molar-refractivity contribution in [3.8, 4) is 11.3 Å². The lowest BCUT2D eigenvalue weighted by Gasteiger charge is -2.35. The first-order valence-electron chi connectivity index (χ1n) is 7.99. The van der Waals surface area contributed by atoms with Gasteiger partial charge in [0.2, 0.25) is 0 Å². The van der Waals surface area contributed by atoms with Crippen LogP contribution in [-0.4, -0.2) is 40.0 Å². The van der Waals surface area contributed by atoms with Crippen molar-refractivity contribution >= 4 is 23.2 Å². The molecule has 3 rings (SSSR count). The molecule has 2 unspecified atom stereocenters. The minimum Gasteiger partial charge on any atom is -0.481 e. The monoisotopic (exact) mass is 344 g/mol. The number of pyridine rings is 1. The van der Waals surface area contributed by atoms with Crippen LogP contribution in [0.1, 0.15) is 29.4 Å². The number of aryl methyl sites for hydroxylation is 1. The molecule has 126 valence electrons. The number of carboxylic acid groups (broad SMARTS) is 1. The fraction of sp³-hybridized carbons (Fsp3) is 0.389. The molecule has 24 heavy (non-hydrogen) atoms. The van der Waals surface area contributed by atoms with Crippen LogP contribution in [0.4, 0.5) is 0 Å². The van der Waals surface area contributed by atoms with Crippen LogP contribution >= 0.6 is 11.3 Å². The van der Waals surface area contributed by atoms with E-state index in [9.17, 15) is 14.7 Å². The van der Waals surface area contributed by atoms with Gasteiger partial charge in [-0.25, -0.2) is 0 Å². The Hall–Kier alpha value is -2.21. The van der Waals surface area contributed by atoms with E-state index in [-0.39, 0.29) is 17.7 Å². The third-order valence-corrected chi connectivity index (χ3v) is 5.33. The largest absolute Gasteiger partial charge is 0.481 e. The normalized spacial score (nSPS) is 20.8. The van der Waals surface area contributed by atoms with E-state index >= 15 is 0 Å². The predicted octanol–water partition coefficient (Wildman–Crippen LogP) is 3.30. The number of rotatable bonds is 3. The van der Waals surface area contributed by atoms with Crippen molar-refractivity contribution in [2.75, 3.05) is 13.1 Å². The number of carboxylic acids is 1. The van der Waals surface area contributed by atoms with Crippen LogP contribution in [0.25, 0.3) is 11.3 Å². The molecule has 0 spiro atoms. The number of carbonyl (C=O) groups excluding carboxylic acids is 1. The van der Waals surface area contributed by atoms with Gasteiger partial charge in [-0.1, -0.05) is 6.92 Å². The van der Waals surface area contributed by atoms with Crippen LogP contribution in [0.3, 0.4) is 0 Å². The molecule has 2 atom stereocenters. The second kappa shape index (κ2) is 6.73. The van der Waals surface area contributed by atoms with Gasteiger partial charge in [-0.15, -0.1) is 0 Å². The first-order valence-corrected chi connectivity index (χ1v) is 8.94. The van der Waals surface area contributed by atoms with E-state index in [0.717, 1.165) is 11.3 Å². The molecule has 1 aliphatic rings. The molecule has 2 aromatic rings. The number of nitrogens with zero attached hydrogens (tertiary/aromatic N) is 2. The zero-order valence-corrected chi connectivity index (χ0v) is 14.5. The van der Waals surface area contributed by atoms with Crippen molar-refractivity contribution in [1.82, 2.24) is 9.88 Å². The lowest BCUT2D eigenvalue weighted by Crippen LogP contribution is -2.45. The number of carbonyl (C=O) groups is 2. The molecule has 0 bridgehead atoms. The summed E-state index contributed by atoms with van der Waals surface area (Å²) in [6.45, 7) is 4.69. The molecule has 1 aliphatic heterocycles. The van der Waals surface area contributed by atoms with Gasteiger partial charge < -0.3 is 10.0 Å². The number of piperidine rings is 1. The van der Waals surface area contributed by atoms with E-state index in [1.807, 2.05) is 42.8 Å². The summed E-state index contributed by atoms with van der Waals surface area (Å²) in [6, 6.07) is 5.70. The van der Waals surface area contributed by atoms with Gasteiger partial charge in [0.25, 0.3) is 5.91 Å². The van der Waals surface area contributed by atoms with Crippen LogP contribution in [0, 0.1) is 18.8 Å². The zero-order valence-electron chi connectivity index (χ0n) is 13.7. The van der Waals surface area contributed by atoms with Gasteiger partial charge >= 0.3 is 5.97 Å². The van der Waals surface area contributed by atoms with Crippen molar-refractivity contribution < 1.29 is 14.7 Å². The van der Waals surface area contributed by atoms with Crippen LogP contribution < -0.4 is 0 Å². The average molecular weight is 344 g/mol. The SMILES string of the molecule is Cc1nc(-c2ccsc2)ccc1C(=O)N1CCC(C(=O)O)C(C)C1. The predicted molar refractivity (Wildman–Crippen MR) is 93.1 cm³/mol. The van der Waals surface area contributed by atoms with Crippen molar-refractivity contribution in [2.45, 2.75) is 20.3 Å². The Kier molecular flexibility index (Phi) is 4.66. The van der Waals surface area contributed by atoms with E-state index in [2.05, 4.69) is 4.98 Å². The van der Waals surface area contributed by atoms with E-state index in [1.54, 1.807) is 16.2 Å². The number of aliphatic carboxylic acids is 1. The number of thiophene rings is 1. The van der Waals surface area contributed by atoms with Crippen molar-refractivity contribution in [3.05, 3.63) is 40.2 Å². The van der Waals surface area contributed by atoms with E-state index in [0.29, 0.717) is 30.8 Å². The fourth-order valence-corrected chi connectivity index (χ4v) is 3.88. The van der Waals surface area contributed by atoms with E-state index < -0.39 is 5.97 Å². The first-order chi connectivity index (χ1) is 11.5. The molecule has 0 saturated carbocycles. The summed E-state index contributed by atoms with van der Waals surface area (Å²) in [4.78, 5) is 30.3. The van der Waals surface area contributed by atoms with Gasteiger partial charge in [0.05, 0.1) is 22.9 Å². The Labute approximate surface area is 145 Å². The topological polar surface area (TPSA) is 70.5 Å². The molecule has 3 heterocycles. The summed E-state index contributed by atoms with van der Waals surface area (Å²) < 4.78 is 0. The average Bonchev–Trinajstić information content (AvgIpc) is 3.08. The number of aromatic nitrogens is 1. The Morgan fingerprint density at radius 2 is 2.12 bits per heavy atom. The minimum atomic E-state index is -0.771. The lowest BCUT2D eigenvalue weighted by atomic mass is 9.87. The van der Waals surface area contributed by atoms with Gasteiger partial charge in [0.15, 0.2) is 0 Å². The lowest BCUT2D eigenvalue weighted by molar-refractivity contribution is -0.145. The summed E-state index contributed by atoms with van der Waals surface area (Å²) in [5.74, 6) is -1.24. The molecule has 6 heteroatoms. The third-order valence-electron chi connectivity index (χ3n) is 4.64. The molecular formula is C18H20N2O3S. The summed E-state index contributed by atoms with van der Waals surface area (Å²) in [5.41, 5.74) is 3.22. The van der Waals surface area contributed by atoms with Gasteiger partial charge in [0.1, 0.15) is 0 Å². The van der Waals surface area contributed by atoms with Gasteiger partial charge in [-0.2, -0.15) is 11.3 Å². The summed E-state index contributed by atoms with van der Waals surface area (Å²) in [5, 5.41) is 13.2. The van der Waals surface area contributed by atoms with Crippen molar-refractivity contribution in [3.63, 3.8) is 0 Å². The van der Waals surface area contributed by atoms with Crippen LogP contribution in [-0.2, 0) is 4.79 Å². The summed E-state index contributed by atoms with van der Waals surface area (Å²) in [7, 11) is 0. The minimum absolute atomic E-state index is 0.0430. The Morgan fingerprint density at radius 1 is 1.33 bits per heavy atom. The zero-order chi connectivity index (χ0) is 17.3. The molecule has 1 N–H and O–H groups in total. The molecule has 1 amide bonds. The smallest absolute Gasteiger partial charge is 0.306 e. The number of hydrogen-bond donors (Lipinski definition) is 1. The highest BCUT2D eigenvalue weighted by molar-refractivity contribution is 7.08. The summed E-state index contributed by atoms with van der Waals surface area (Å²) in [6.07, 6.45) is 0.502. The maximum Gasteiger partial charge on any atom is 0.306 e. The molecule has 0 aliphatic carbocycles. The van der Waals surface area contributed by atoms with Crippen LogP contribution in [0.2, 0.25) is 0 Å². The number of hydrogen-bond acceptors (Lipinski definition) is 4. The van der Waals surface area contributed by atoms with Crippen LogP contribution in [0.5, 0.6) is 0 Å². The van der Waals surface area contributed by atoms with Gasteiger partial charge in [-0.05, 0) is 42.8 Å². The van der Waals surface area contributed by atoms with E-state index in [4.69, 9.17) is 0 Å². The molecule has 1 saturated heterocycles. The Morgan fingerprint density at radius 3 is 2.71 bits per heavy atom. The first kappa shape index (κ1) is 16.6. The Bertz CT molecular complexity index is 758. The highest BCUT2D eigenvalue weighted by atomic mass is 32.1. The van der Waals surface area contributed by atoms with Crippen molar-refractivity contribution in [1.29, 1.82) is 0 Å². The molecular weight excluding hydrogens is 324 g/mol. The summed E-state index contributed by atoms with van der Waals surface area (Å²) >= 11 is 1.61. The fourth-order valence-electron chi connectivity index (χ4n) is 3.23. The Balaban J connectivity index is 1.77. The number of likely N-dealkylation sites (tertiary alicyclic amines) is 1. The van der Waals surface area contributed by atoms with E-state index in [1.165, 1.54) is 0 Å². The standard InChI is InChI=1S/C18H20N2O3S/c1-11-9-20(7-5-14(11)18(22)23)17(21)15-3-4-16(19-12(15)2)13-6-8-24-10-13/h3-4,6,8,10-11,14H,5,7,9H2,1-2H3,(H,22,23). The quantitative estimate of drug-likeness (QED) is 0.927. The molecule has 2 aromatic heterocycles. The molecule has 5 nitrogen and oxygen atoms in total. The maximum absolute atomic E-state index is 12.8. The van der Waals surface area contributed by atoms with Gasteiger partial charge in [-0.3, -0.25) is 14.6 Å². The van der Waals surface area contributed by atoms with Gasteiger partial charge in [0, 0.05) is 24.0 Å². The molecule has 0 radical (unpaired) electrons. The highest BCUT2D eigenvalue weighted by Gasteiger charge is 2.33. The van der Waals surface area contributed by atoms with Crippen molar-refractivity contribution in [2.24, 2.45) is 11.8 Å². The maximum atomic E-state index is 12.8.